The third-order valence-corrected chi connectivity index (χ3v) is 7.20. The third kappa shape index (κ3) is 2.51. The van der Waals surface area contributed by atoms with Crippen LogP contribution in [0.1, 0.15) is 16.9 Å². The summed E-state index contributed by atoms with van der Waals surface area (Å²) in [4.78, 5) is 15.8. The lowest BCUT2D eigenvalue weighted by Crippen LogP contribution is -2.21. The average Bonchev–Trinajstić information content (AvgIpc) is 3.41. The molecule has 0 fully saturated rings. The first-order valence-electron chi connectivity index (χ1n) is 9.05. The lowest BCUT2D eigenvalue weighted by Gasteiger charge is -2.10. The summed E-state index contributed by atoms with van der Waals surface area (Å²) in [7, 11) is 1.63. The van der Waals surface area contributed by atoms with Gasteiger partial charge in [-0.05, 0) is 49.1 Å². The summed E-state index contributed by atoms with van der Waals surface area (Å²) in [5, 5.41) is 10.3. The Morgan fingerprint density at radius 2 is 2.11 bits per heavy atom. The Morgan fingerprint density at radius 3 is 2.86 bits per heavy atom. The monoisotopic (exact) mass is 410 g/mol. The average molecular weight is 411 g/mol. The molecule has 5 rings (SSSR count). The number of hydrogen-bond acceptors (Lipinski definition) is 6. The van der Waals surface area contributed by atoms with E-state index in [-0.39, 0.29) is 5.56 Å². The van der Waals surface area contributed by atoms with E-state index in [9.17, 15) is 4.79 Å². The number of ether oxygens (including phenoxy) is 1. The lowest BCUT2D eigenvalue weighted by atomic mass is 10.2. The van der Waals surface area contributed by atoms with E-state index in [1.54, 1.807) is 34.8 Å². The van der Waals surface area contributed by atoms with Gasteiger partial charge in [-0.3, -0.25) is 4.79 Å². The molecule has 0 saturated carbocycles. The number of methoxy groups -OCH3 is 1. The SMILES string of the molecule is C=CCSc1nnc2n(-c3ccc(OC)cc3)c(=O)c3c4c(sc3n12)CCC4. The molecule has 0 radical (unpaired) electrons. The maximum atomic E-state index is 13.6. The van der Waals surface area contributed by atoms with Crippen LogP contribution in [-0.2, 0) is 12.8 Å². The molecule has 0 bridgehead atoms. The van der Waals surface area contributed by atoms with Crippen LogP contribution in [-0.4, -0.2) is 32.0 Å². The molecule has 8 heteroatoms. The second kappa shape index (κ2) is 6.79. The predicted molar refractivity (Wildman–Crippen MR) is 113 cm³/mol. The van der Waals surface area contributed by atoms with Gasteiger partial charge in [0.2, 0.25) is 5.78 Å². The highest BCUT2D eigenvalue weighted by molar-refractivity contribution is 7.99. The molecule has 0 unspecified atom stereocenters. The minimum absolute atomic E-state index is 0.0280. The normalized spacial score (nSPS) is 13.3. The highest BCUT2D eigenvalue weighted by Gasteiger charge is 2.26. The lowest BCUT2D eigenvalue weighted by molar-refractivity contribution is 0.414. The zero-order valence-corrected chi connectivity index (χ0v) is 17.0. The van der Waals surface area contributed by atoms with Crippen LogP contribution in [0.3, 0.4) is 0 Å². The Bertz CT molecular complexity index is 1270. The first kappa shape index (κ1) is 17.5. The number of benzene rings is 1. The molecule has 142 valence electrons. The standard InChI is InChI=1S/C20H18N4O2S2/c1-3-11-27-20-22-21-19-23(12-7-9-13(26-2)10-8-12)17(25)16-14-5-4-6-15(14)28-18(16)24(19)20/h3,7-10H,1,4-6,11H2,2H3. The number of thiophene rings is 1. The van der Waals surface area contributed by atoms with E-state index in [0.29, 0.717) is 5.78 Å². The summed E-state index contributed by atoms with van der Waals surface area (Å²) in [6.45, 7) is 3.80. The van der Waals surface area contributed by atoms with Crippen molar-refractivity contribution in [3.8, 4) is 11.4 Å². The Labute approximate surface area is 169 Å². The van der Waals surface area contributed by atoms with Crippen LogP contribution in [0.15, 0.2) is 46.9 Å². The van der Waals surface area contributed by atoms with Crippen molar-refractivity contribution in [2.75, 3.05) is 12.9 Å². The molecular formula is C20H18N4O2S2. The van der Waals surface area contributed by atoms with E-state index in [0.717, 1.165) is 51.8 Å². The number of fused-ring (bicyclic) bond motifs is 5. The van der Waals surface area contributed by atoms with Gasteiger partial charge in [0.15, 0.2) is 5.16 Å². The maximum Gasteiger partial charge on any atom is 0.268 e. The van der Waals surface area contributed by atoms with Gasteiger partial charge in [-0.15, -0.1) is 28.1 Å². The molecule has 3 aromatic heterocycles. The molecule has 0 saturated heterocycles. The topological polar surface area (TPSA) is 61.4 Å². The van der Waals surface area contributed by atoms with Crippen LogP contribution < -0.4 is 10.3 Å². The van der Waals surface area contributed by atoms with Gasteiger partial charge in [-0.25, -0.2) is 8.97 Å². The van der Waals surface area contributed by atoms with Crippen LogP contribution in [0.5, 0.6) is 5.75 Å². The van der Waals surface area contributed by atoms with Crippen molar-refractivity contribution in [3.63, 3.8) is 0 Å². The van der Waals surface area contributed by atoms with Crippen molar-refractivity contribution < 1.29 is 4.74 Å². The van der Waals surface area contributed by atoms with Crippen LogP contribution in [0.25, 0.3) is 21.7 Å². The molecule has 1 aliphatic rings. The minimum Gasteiger partial charge on any atom is -0.497 e. The van der Waals surface area contributed by atoms with Crippen LogP contribution >= 0.6 is 23.1 Å². The summed E-state index contributed by atoms with van der Waals surface area (Å²) in [6.07, 6.45) is 4.94. The molecule has 0 spiro atoms. The fourth-order valence-electron chi connectivity index (χ4n) is 3.75. The van der Waals surface area contributed by atoms with Crippen LogP contribution in [0.4, 0.5) is 0 Å². The molecule has 0 N–H and O–H groups in total. The molecule has 1 aliphatic carbocycles. The molecule has 3 heterocycles. The number of aryl methyl sites for hydroxylation is 2. The van der Waals surface area contributed by atoms with Gasteiger partial charge >= 0.3 is 0 Å². The number of aromatic nitrogens is 4. The molecular weight excluding hydrogens is 392 g/mol. The molecule has 1 aromatic carbocycles. The minimum atomic E-state index is -0.0280. The fraction of sp³-hybridized carbons (Fsp3) is 0.250. The Balaban J connectivity index is 1.87. The Kier molecular flexibility index (Phi) is 4.25. The number of hydrogen-bond donors (Lipinski definition) is 0. The summed E-state index contributed by atoms with van der Waals surface area (Å²) in [5.74, 6) is 2.01. The zero-order chi connectivity index (χ0) is 19.3. The van der Waals surface area contributed by atoms with E-state index in [1.165, 1.54) is 10.4 Å². The molecule has 6 nitrogen and oxygen atoms in total. The molecule has 4 aromatic rings. The van der Waals surface area contributed by atoms with E-state index >= 15 is 0 Å². The largest absolute Gasteiger partial charge is 0.497 e. The molecule has 0 amide bonds. The quantitative estimate of drug-likeness (QED) is 0.369. The Morgan fingerprint density at radius 1 is 1.29 bits per heavy atom. The second-order valence-corrected chi connectivity index (χ2v) is 8.66. The fourth-order valence-corrected chi connectivity index (χ4v) is 5.85. The van der Waals surface area contributed by atoms with Gasteiger partial charge in [0.1, 0.15) is 10.6 Å². The third-order valence-electron chi connectivity index (χ3n) is 5.00. The first-order valence-corrected chi connectivity index (χ1v) is 10.9. The smallest absolute Gasteiger partial charge is 0.268 e. The molecule has 28 heavy (non-hydrogen) atoms. The van der Waals surface area contributed by atoms with E-state index in [1.807, 2.05) is 34.7 Å². The number of rotatable bonds is 5. The molecule has 0 atom stereocenters. The summed E-state index contributed by atoms with van der Waals surface area (Å²) >= 11 is 3.27. The highest BCUT2D eigenvalue weighted by Crippen LogP contribution is 2.37. The molecule has 0 aliphatic heterocycles. The van der Waals surface area contributed by atoms with Gasteiger partial charge < -0.3 is 4.74 Å². The van der Waals surface area contributed by atoms with Gasteiger partial charge in [0.25, 0.3) is 5.56 Å². The van der Waals surface area contributed by atoms with E-state index < -0.39 is 0 Å². The van der Waals surface area contributed by atoms with Crippen molar-refractivity contribution >= 4 is 39.1 Å². The van der Waals surface area contributed by atoms with Crippen LogP contribution in [0, 0.1) is 0 Å². The second-order valence-electron chi connectivity index (χ2n) is 6.59. The van der Waals surface area contributed by atoms with Crippen molar-refractivity contribution in [3.05, 3.63) is 57.7 Å². The Hall–Kier alpha value is -2.58. The van der Waals surface area contributed by atoms with Gasteiger partial charge in [0, 0.05) is 10.6 Å². The predicted octanol–water partition coefficient (Wildman–Crippen LogP) is 3.87. The summed E-state index contributed by atoms with van der Waals surface area (Å²) < 4.78 is 8.95. The first-order chi connectivity index (χ1) is 13.7. The van der Waals surface area contributed by atoms with Crippen LogP contribution in [0.2, 0.25) is 0 Å². The van der Waals surface area contributed by atoms with Crippen molar-refractivity contribution in [1.82, 2.24) is 19.2 Å². The summed E-state index contributed by atoms with van der Waals surface area (Å²) in [6, 6.07) is 7.46. The zero-order valence-electron chi connectivity index (χ0n) is 15.3. The summed E-state index contributed by atoms with van der Waals surface area (Å²) in [5.41, 5.74) is 1.92. The van der Waals surface area contributed by atoms with E-state index in [2.05, 4.69) is 16.8 Å². The maximum absolute atomic E-state index is 13.6. The number of thioether (sulfide) groups is 1. The van der Waals surface area contributed by atoms with Gasteiger partial charge in [-0.2, -0.15) is 0 Å². The van der Waals surface area contributed by atoms with Crippen molar-refractivity contribution in [1.29, 1.82) is 0 Å². The van der Waals surface area contributed by atoms with Crippen molar-refractivity contribution in [2.45, 2.75) is 24.4 Å². The van der Waals surface area contributed by atoms with E-state index in [4.69, 9.17) is 4.74 Å². The van der Waals surface area contributed by atoms with Crippen molar-refractivity contribution in [2.24, 2.45) is 0 Å². The highest BCUT2D eigenvalue weighted by atomic mass is 32.2. The van der Waals surface area contributed by atoms with Gasteiger partial charge in [0.05, 0.1) is 18.2 Å². The number of nitrogens with zero attached hydrogens (tertiary/aromatic N) is 4. The van der Waals surface area contributed by atoms with Gasteiger partial charge in [-0.1, -0.05) is 17.8 Å².